The van der Waals surface area contributed by atoms with Crippen LogP contribution in [0.15, 0.2) is 60.1 Å². The Bertz CT molecular complexity index is 892. The van der Waals surface area contributed by atoms with Gasteiger partial charge in [-0.3, -0.25) is 4.79 Å². The van der Waals surface area contributed by atoms with Gasteiger partial charge in [0.15, 0.2) is 5.60 Å². The Labute approximate surface area is 162 Å². The molecule has 0 N–H and O–H groups in total. The number of nitrogens with zero attached hydrogens (tertiary/aromatic N) is 1. The number of hydrogen-bond donors (Lipinski definition) is 0. The highest BCUT2D eigenvalue weighted by Gasteiger charge is 2.48. The Morgan fingerprint density at radius 3 is 2.46 bits per heavy atom. The second-order valence-electron chi connectivity index (χ2n) is 6.05. The van der Waals surface area contributed by atoms with Gasteiger partial charge in [0, 0.05) is 5.56 Å². The van der Waals surface area contributed by atoms with Crippen molar-refractivity contribution in [3.63, 3.8) is 0 Å². The third-order valence-electron chi connectivity index (χ3n) is 4.41. The normalized spacial score (nSPS) is 20.3. The molecule has 2 aromatic carbocycles. The third-order valence-corrected chi connectivity index (χ3v) is 5.14. The van der Waals surface area contributed by atoms with E-state index in [9.17, 15) is 4.79 Å². The maximum absolute atomic E-state index is 12.7. The standard InChI is InChI=1S/C20H17Cl2NO3/c1-4-15(13-7-10-16(21)17(22)11-13)20(2)19(24)23-18(26-20)12-5-8-14(25-3)9-6-12/h4-11,15H,1H2,2-3H3/t15-,20-/m1/s1. The molecule has 0 aliphatic carbocycles. The summed E-state index contributed by atoms with van der Waals surface area (Å²) in [4.78, 5) is 16.8. The summed E-state index contributed by atoms with van der Waals surface area (Å²) in [5.74, 6) is 0.164. The molecule has 0 spiro atoms. The van der Waals surface area contributed by atoms with Crippen LogP contribution < -0.4 is 4.74 Å². The smallest absolute Gasteiger partial charge is 0.293 e. The summed E-state index contributed by atoms with van der Waals surface area (Å²) in [6.07, 6.45) is 1.66. The van der Waals surface area contributed by atoms with Crippen LogP contribution >= 0.6 is 23.2 Å². The molecule has 1 heterocycles. The summed E-state index contributed by atoms with van der Waals surface area (Å²) < 4.78 is 11.2. The number of benzene rings is 2. The predicted octanol–water partition coefficient (Wildman–Crippen LogP) is 5.03. The number of aliphatic imine (C=N–C) groups is 1. The molecule has 0 aromatic heterocycles. The molecule has 6 heteroatoms. The number of carbonyl (C=O) groups is 1. The van der Waals surface area contributed by atoms with E-state index < -0.39 is 11.5 Å². The molecule has 0 saturated heterocycles. The van der Waals surface area contributed by atoms with Gasteiger partial charge in [0.05, 0.1) is 23.1 Å². The molecule has 134 valence electrons. The Kier molecular flexibility index (Phi) is 5.08. The van der Waals surface area contributed by atoms with Crippen LogP contribution in [0.2, 0.25) is 10.0 Å². The first-order valence-corrected chi connectivity index (χ1v) is 8.68. The van der Waals surface area contributed by atoms with Gasteiger partial charge in [-0.05, 0) is 48.9 Å². The van der Waals surface area contributed by atoms with Crippen LogP contribution in [-0.2, 0) is 9.53 Å². The second-order valence-corrected chi connectivity index (χ2v) is 6.86. The summed E-state index contributed by atoms with van der Waals surface area (Å²) in [5.41, 5.74) is 0.255. The Hall–Kier alpha value is -2.30. The number of methoxy groups -OCH3 is 1. The molecule has 4 nitrogen and oxygen atoms in total. The molecule has 1 aliphatic rings. The zero-order valence-corrected chi connectivity index (χ0v) is 15.8. The summed E-state index contributed by atoms with van der Waals surface area (Å²) >= 11 is 12.1. The van der Waals surface area contributed by atoms with Gasteiger partial charge in [-0.15, -0.1) is 6.58 Å². The topological polar surface area (TPSA) is 47.9 Å². The molecule has 1 amide bonds. The lowest BCUT2D eigenvalue weighted by molar-refractivity contribution is -0.130. The fourth-order valence-corrected chi connectivity index (χ4v) is 3.22. The molecule has 0 radical (unpaired) electrons. The van der Waals surface area contributed by atoms with E-state index in [-0.39, 0.29) is 11.8 Å². The van der Waals surface area contributed by atoms with E-state index in [0.29, 0.717) is 21.4 Å². The number of ether oxygens (including phenoxy) is 2. The van der Waals surface area contributed by atoms with Gasteiger partial charge in [0.2, 0.25) is 5.90 Å². The maximum atomic E-state index is 12.7. The van der Waals surface area contributed by atoms with Gasteiger partial charge in [0.1, 0.15) is 5.75 Å². The molecule has 2 aromatic rings. The SMILES string of the molecule is C=C[C@H](c1ccc(Cl)c(Cl)c1)[C@@]1(C)OC(c2ccc(OC)cc2)=NC1=O. The first-order chi connectivity index (χ1) is 12.4. The van der Waals surface area contributed by atoms with E-state index in [1.165, 1.54) is 0 Å². The second kappa shape index (κ2) is 7.14. The van der Waals surface area contributed by atoms with E-state index in [0.717, 1.165) is 5.56 Å². The highest BCUT2D eigenvalue weighted by atomic mass is 35.5. The lowest BCUT2D eigenvalue weighted by Gasteiger charge is -2.29. The molecule has 0 saturated carbocycles. The number of carbonyl (C=O) groups excluding carboxylic acids is 1. The minimum absolute atomic E-state index is 0.270. The predicted molar refractivity (Wildman–Crippen MR) is 103 cm³/mol. The van der Waals surface area contributed by atoms with Crippen molar-refractivity contribution in [2.75, 3.05) is 7.11 Å². The van der Waals surface area contributed by atoms with Crippen LogP contribution in [0.3, 0.4) is 0 Å². The molecule has 0 bridgehead atoms. The van der Waals surface area contributed by atoms with Crippen LogP contribution in [0, 0.1) is 0 Å². The van der Waals surface area contributed by atoms with Gasteiger partial charge < -0.3 is 9.47 Å². The van der Waals surface area contributed by atoms with E-state index in [2.05, 4.69) is 11.6 Å². The zero-order chi connectivity index (χ0) is 18.9. The largest absolute Gasteiger partial charge is 0.497 e. The molecular formula is C20H17Cl2NO3. The Balaban J connectivity index is 1.92. The van der Waals surface area contributed by atoms with Crippen molar-refractivity contribution in [2.24, 2.45) is 4.99 Å². The summed E-state index contributed by atoms with van der Waals surface area (Å²) in [6, 6.07) is 12.3. The maximum Gasteiger partial charge on any atom is 0.293 e. The molecular weight excluding hydrogens is 373 g/mol. The van der Waals surface area contributed by atoms with Crippen molar-refractivity contribution >= 4 is 35.0 Å². The van der Waals surface area contributed by atoms with Crippen molar-refractivity contribution in [3.8, 4) is 5.75 Å². The summed E-state index contributed by atoms with van der Waals surface area (Å²) in [5, 5.41) is 0.846. The first kappa shape index (κ1) is 18.5. The van der Waals surface area contributed by atoms with E-state index >= 15 is 0 Å². The molecule has 0 fully saturated rings. The molecule has 0 unspecified atom stereocenters. The Morgan fingerprint density at radius 2 is 1.88 bits per heavy atom. The van der Waals surface area contributed by atoms with Crippen LogP contribution in [0.1, 0.15) is 24.0 Å². The van der Waals surface area contributed by atoms with Gasteiger partial charge in [0.25, 0.3) is 5.91 Å². The molecule has 3 rings (SSSR count). The van der Waals surface area contributed by atoms with Gasteiger partial charge in [-0.1, -0.05) is 35.3 Å². The molecule has 2 atom stereocenters. The fraction of sp³-hybridized carbons (Fsp3) is 0.200. The highest BCUT2D eigenvalue weighted by Crippen LogP contribution is 2.39. The monoisotopic (exact) mass is 389 g/mol. The molecule has 1 aliphatic heterocycles. The highest BCUT2D eigenvalue weighted by molar-refractivity contribution is 6.42. The third kappa shape index (κ3) is 3.22. The first-order valence-electron chi connectivity index (χ1n) is 7.93. The molecule has 26 heavy (non-hydrogen) atoms. The van der Waals surface area contributed by atoms with Crippen molar-refractivity contribution in [1.29, 1.82) is 0 Å². The van der Waals surface area contributed by atoms with Crippen molar-refractivity contribution in [1.82, 2.24) is 0 Å². The van der Waals surface area contributed by atoms with Crippen LogP contribution in [-0.4, -0.2) is 24.5 Å². The Morgan fingerprint density at radius 1 is 1.19 bits per heavy atom. The lowest BCUT2D eigenvalue weighted by Crippen LogP contribution is -2.39. The van der Waals surface area contributed by atoms with Crippen LogP contribution in [0.5, 0.6) is 5.75 Å². The van der Waals surface area contributed by atoms with Crippen LogP contribution in [0.4, 0.5) is 0 Å². The average molecular weight is 390 g/mol. The average Bonchev–Trinajstić information content (AvgIpc) is 2.94. The minimum Gasteiger partial charge on any atom is -0.497 e. The van der Waals surface area contributed by atoms with E-state index in [1.54, 1.807) is 62.6 Å². The van der Waals surface area contributed by atoms with E-state index in [1.807, 2.05) is 0 Å². The van der Waals surface area contributed by atoms with Gasteiger partial charge in [-0.2, -0.15) is 4.99 Å². The number of amides is 1. The fourth-order valence-electron chi connectivity index (χ4n) is 2.91. The zero-order valence-electron chi connectivity index (χ0n) is 14.3. The van der Waals surface area contributed by atoms with Crippen molar-refractivity contribution in [3.05, 3.63) is 76.3 Å². The number of halogens is 2. The van der Waals surface area contributed by atoms with Crippen molar-refractivity contribution < 1.29 is 14.3 Å². The number of rotatable bonds is 5. The van der Waals surface area contributed by atoms with Crippen LogP contribution in [0.25, 0.3) is 0 Å². The number of hydrogen-bond acceptors (Lipinski definition) is 3. The minimum atomic E-state index is -1.21. The van der Waals surface area contributed by atoms with Gasteiger partial charge in [-0.25, -0.2) is 0 Å². The van der Waals surface area contributed by atoms with E-state index in [4.69, 9.17) is 32.7 Å². The van der Waals surface area contributed by atoms with Crippen molar-refractivity contribution in [2.45, 2.75) is 18.4 Å². The quantitative estimate of drug-likeness (QED) is 0.673. The summed E-state index contributed by atoms with van der Waals surface area (Å²) in [6.45, 7) is 5.56. The van der Waals surface area contributed by atoms with Gasteiger partial charge >= 0.3 is 0 Å². The summed E-state index contributed by atoms with van der Waals surface area (Å²) in [7, 11) is 1.59. The lowest BCUT2D eigenvalue weighted by atomic mass is 9.83.